The summed E-state index contributed by atoms with van der Waals surface area (Å²) in [5, 5.41) is 8.48. The molecule has 0 radical (unpaired) electrons. The van der Waals surface area contributed by atoms with E-state index in [4.69, 9.17) is 0 Å². The van der Waals surface area contributed by atoms with Gasteiger partial charge in [-0.1, -0.05) is 0 Å². The molecule has 9 nitrogen and oxygen atoms in total. The summed E-state index contributed by atoms with van der Waals surface area (Å²) in [5.41, 5.74) is -0.376. The first-order valence-electron chi connectivity index (χ1n) is 8.28. The number of fused-ring (bicyclic) bond motifs is 1. The molecule has 134 valence electrons. The topological polar surface area (TPSA) is 113 Å². The van der Waals surface area contributed by atoms with Crippen molar-refractivity contribution in [1.82, 2.24) is 25.4 Å². The second kappa shape index (κ2) is 7.06. The van der Waals surface area contributed by atoms with Crippen LogP contribution in [0.15, 0.2) is 23.1 Å². The average molecular weight is 347 g/mol. The molecule has 2 fully saturated rings. The fourth-order valence-corrected chi connectivity index (χ4v) is 3.18. The highest BCUT2D eigenvalue weighted by Crippen LogP contribution is 2.21. The number of urea groups is 1. The maximum absolute atomic E-state index is 12.5. The van der Waals surface area contributed by atoms with Gasteiger partial charge < -0.3 is 15.2 Å². The molecule has 2 unspecified atom stereocenters. The Labute approximate surface area is 144 Å². The highest BCUT2D eigenvalue weighted by molar-refractivity contribution is 5.99. The van der Waals surface area contributed by atoms with Crippen molar-refractivity contribution in [2.45, 2.75) is 19.0 Å². The molecule has 0 spiro atoms. The number of imide groups is 1. The standard InChI is InChI=1S/C16H21N5O4/c1-20-8-3-5-11(14(20)23)13(22)18-7-9-21-15(24)10-4-2-6-17-12(10)19-16(21)25/h3,5,8,10,12,17H,2,4,6-7,9H2,1H3,(H,18,22)(H,19,25). The molecule has 25 heavy (non-hydrogen) atoms. The van der Waals surface area contributed by atoms with E-state index in [0.717, 1.165) is 24.3 Å². The monoisotopic (exact) mass is 347 g/mol. The average Bonchev–Trinajstić information content (AvgIpc) is 2.60. The van der Waals surface area contributed by atoms with E-state index in [1.54, 1.807) is 19.3 Å². The zero-order valence-corrected chi connectivity index (χ0v) is 13.9. The number of hydrogen-bond donors (Lipinski definition) is 3. The molecule has 1 aromatic rings. The van der Waals surface area contributed by atoms with Gasteiger partial charge in [0.25, 0.3) is 11.5 Å². The predicted octanol–water partition coefficient (Wildman–Crippen LogP) is -1.01. The summed E-state index contributed by atoms with van der Waals surface area (Å²) in [6.07, 6.45) is 2.85. The quantitative estimate of drug-likeness (QED) is 0.646. The first-order chi connectivity index (χ1) is 12.0. The maximum atomic E-state index is 12.5. The summed E-state index contributed by atoms with van der Waals surface area (Å²) >= 11 is 0. The van der Waals surface area contributed by atoms with Gasteiger partial charge in [-0.15, -0.1) is 0 Å². The van der Waals surface area contributed by atoms with Gasteiger partial charge in [-0.05, 0) is 31.5 Å². The Morgan fingerprint density at radius 3 is 2.96 bits per heavy atom. The van der Waals surface area contributed by atoms with Gasteiger partial charge in [-0.3, -0.25) is 24.6 Å². The lowest BCUT2D eigenvalue weighted by Crippen LogP contribution is -2.66. The molecule has 0 aromatic carbocycles. The van der Waals surface area contributed by atoms with Gasteiger partial charge in [-0.2, -0.15) is 0 Å². The van der Waals surface area contributed by atoms with Crippen LogP contribution in [-0.2, 0) is 11.8 Å². The lowest BCUT2D eigenvalue weighted by atomic mass is 9.93. The minimum absolute atomic E-state index is 0.0240. The molecule has 2 atom stereocenters. The summed E-state index contributed by atoms with van der Waals surface area (Å²) in [5.74, 6) is -1.03. The van der Waals surface area contributed by atoms with E-state index in [0.29, 0.717) is 0 Å². The minimum Gasteiger partial charge on any atom is -0.350 e. The van der Waals surface area contributed by atoms with Crippen LogP contribution in [0.4, 0.5) is 4.79 Å². The highest BCUT2D eigenvalue weighted by Gasteiger charge is 2.41. The highest BCUT2D eigenvalue weighted by atomic mass is 16.2. The van der Waals surface area contributed by atoms with Crippen LogP contribution in [0.3, 0.4) is 0 Å². The van der Waals surface area contributed by atoms with Crippen molar-refractivity contribution in [3.05, 3.63) is 34.2 Å². The van der Waals surface area contributed by atoms with Crippen molar-refractivity contribution in [3.63, 3.8) is 0 Å². The molecule has 2 aliphatic rings. The Hall–Kier alpha value is -2.68. The number of rotatable bonds is 4. The number of hydrogen-bond acceptors (Lipinski definition) is 5. The number of aryl methyl sites for hydroxylation is 1. The number of carbonyl (C=O) groups excluding carboxylic acids is 3. The van der Waals surface area contributed by atoms with E-state index in [9.17, 15) is 19.2 Å². The Bertz CT molecular complexity index is 759. The molecule has 0 bridgehead atoms. The molecule has 3 rings (SSSR count). The van der Waals surface area contributed by atoms with Gasteiger partial charge in [0.05, 0.1) is 12.1 Å². The van der Waals surface area contributed by atoms with Crippen LogP contribution in [0.25, 0.3) is 0 Å². The Morgan fingerprint density at radius 1 is 1.36 bits per heavy atom. The zero-order chi connectivity index (χ0) is 18.0. The van der Waals surface area contributed by atoms with Gasteiger partial charge in [0, 0.05) is 26.3 Å². The summed E-state index contributed by atoms with van der Waals surface area (Å²) < 4.78 is 1.31. The van der Waals surface area contributed by atoms with E-state index >= 15 is 0 Å². The van der Waals surface area contributed by atoms with Gasteiger partial charge in [0.2, 0.25) is 5.91 Å². The molecular weight excluding hydrogens is 326 g/mol. The summed E-state index contributed by atoms with van der Waals surface area (Å²) in [6, 6.07) is 2.58. The van der Waals surface area contributed by atoms with Gasteiger partial charge in [-0.25, -0.2) is 4.79 Å². The van der Waals surface area contributed by atoms with Crippen molar-refractivity contribution < 1.29 is 14.4 Å². The Balaban J connectivity index is 1.59. The first kappa shape index (κ1) is 17.2. The second-order valence-corrected chi connectivity index (χ2v) is 6.21. The van der Waals surface area contributed by atoms with Crippen LogP contribution in [0, 0.1) is 5.92 Å². The SMILES string of the molecule is Cn1cccc(C(=O)NCCN2C(=O)NC3NCCCC3C2=O)c1=O. The number of nitrogens with zero attached hydrogens (tertiary/aromatic N) is 2. The van der Waals surface area contributed by atoms with Gasteiger partial charge in [0.15, 0.2) is 0 Å². The Kier molecular flexibility index (Phi) is 4.84. The molecule has 0 aliphatic carbocycles. The van der Waals surface area contributed by atoms with Crippen LogP contribution < -0.4 is 21.5 Å². The molecule has 1 aromatic heterocycles. The van der Waals surface area contributed by atoms with E-state index in [-0.39, 0.29) is 36.6 Å². The molecule has 2 saturated heterocycles. The lowest BCUT2D eigenvalue weighted by molar-refractivity contribution is -0.136. The van der Waals surface area contributed by atoms with Crippen molar-refractivity contribution >= 4 is 17.8 Å². The first-order valence-corrected chi connectivity index (χ1v) is 8.28. The van der Waals surface area contributed by atoms with Crippen LogP contribution in [0.2, 0.25) is 0 Å². The molecule has 3 heterocycles. The third-order valence-corrected chi connectivity index (χ3v) is 4.55. The number of aromatic nitrogens is 1. The summed E-state index contributed by atoms with van der Waals surface area (Å²) in [6.45, 7) is 0.921. The van der Waals surface area contributed by atoms with Crippen molar-refractivity contribution in [2.24, 2.45) is 13.0 Å². The van der Waals surface area contributed by atoms with Crippen LogP contribution >= 0.6 is 0 Å². The van der Waals surface area contributed by atoms with E-state index in [2.05, 4.69) is 16.0 Å². The van der Waals surface area contributed by atoms with Crippen molar-refractivity contribution in [1.29, 1.82) is 0 Å². The number of nitrogens with one attached hydrogen (secondary N) is 3. The van der Waals surface area contributed by atoms with E-state index in [1.807, 2.05) is 0 Å². The maximum Gasteiger partial charge on any atom is 0.325 e. The smallest absolute Gasteiger partial charge is 0.325 e. The summed E-state index contributed by atoms with van der Waals surface area (Å²) in [4.78, 5) is 49.7. The van der Waals surface area contributed by atoms with Gasteiger partial charge >= 0.3 is 6.03 Å². The number of pyridine rings is 1. The van der Waals surface area contributed by atoms with E-state index in [1.165, 1.54) is 10.6 Å². The van der Waals surface area contributed by atoms with Crippen molar-refractivity contribution in [3.8, 4) is 0 Å². The predicted molar refractivity (Wildman–Crippen MR) is 88.8 cm³/mol. The van der Waals surface area contributed by atoms with Crippen LogP contribution in [0.1, 0.15) is 23.2 Å². The number of amides is 4. The molecule has 0 saturated carbocycles. The molecule has 9 heteroatoms. The van der Waals surface area contributed by atoms with E-state index < -0.39 is 17.5 Å². The normalized spacial score (nSPS) is 23.0. The fourth-order valence-electron chi connectivity index (χ4n) is 3.18. The van der Waals surface area contributed by atoms with Gasteiger partial charge in [0.1, 0.15) is 5.56 Å². The zero-order valence-electron chi connectivity index (χ0n) is 13.9. The largest absolute Gasteiger partial charge is 0.350 e. The van der Waals surface area contributed by atoms with Crippen molar-refractivity contribution in [2.75, 3.05) is 19.6 Å². The molecular formula is C16H21N5O4. The van der Waals surface area contributed by atoms with Crippen LogP contribution in [0.5, 0.6) is 0 Å². The number of piperidine rings is 1. The third-order valence-electron chi connectivity index (χ3n) is 4.55. The Morgan fingerprint density at radius 2 is 2.16 bits per heavy atom. The molecule has 2 aliphatic heterocycles. The summed E-state index contributed by atoms with van der Waals surface area (Å²) in [7, 11) is 1.56. The lowest BCUT2D eigenvalue weighted by Gasteiger charge is -2.40. The molecule has 3 N–H and O–H groups in total. The second-order valence-electron chi connectivity index (χ2n) is 6.21. The number of carbonyl (C=O) groups is 3. The third kappa shape index (κ3) is 3.41. The minimum atomic E-state index is -0.525. The van der Waals surface area contributed by atoms with Crippen LogP contribution in [-0.4, -0.2) is 53.1 Å². The fraction of sp³-hybridized carbons (Fsp3) is 0.500. The molecule has 4 amide bonds.